The number of aryl methyl sites for hydroxylation is 1. The second-order valence-corrected chi connectivity index (χ2v) is 7.46. The van der Waals surface area contributed by atoms with Crippen molar-refractivity contribution in [3.8, 4) is 11.4 Å². The van der Waals surface area contributed by atoms with E-state index in [1.807, 2.05) is 23.1 Å². The molecule has 1 aliphatic heterocycles. The second-order valence-electron chi connectivity index (χ2n) is 7.46. The number of tetrazole rings is 1. The van der Waals surface area contributed by atoms with Gasteiger partial charge in [-0.25, -0.2) is 13.9 Å². The highest BCUT2D eigenvalue weighted by Gasteiger charge is 2.22. The van der Waals surface area contributed by atoms with Crippen LogP contribution in [-0.2, 0) is 11.8 Å². The van der Waals surface area contributed by atoms with E-state index in [9.17, 15) is 14.0 Å². The molecule has 3 aromatic rings. The molecule has 1 saturated heterocycles. The van der Waals surface area contributed by atoms with Crippen LogP contribution in [0.4, 0.5) is 20.6 Å². The van der Waals surface area contributed by atoms with Crippen LogP contribution in [0.5, 0.6) is 0 Å². The SMILES string of the molecule is Cn1nnnc1-c1cccc(NC(=O)N2CCN(CC(=O)Nc3ccc(F)cc3)CC2)c1. The number of aromatic nitrogens is 4. The summed E-state index contributed by atoms with van der Waals surface area (Å²) in [4.78, 5) is 28.6. The van der Waals surface area contributed by atoms with Gasteiger partial charge in [-0.05, 0) is 46.8 Å². The van der Waals surface area contributed by atoms with Crippen LogP contribution in [0.1, 0.15) is 0 Å². The quantitative estimate of drug-likeness (QED) is 0.629. The average Bonchev–Trinajstić information content (AvgIpc) is 3.22. The number of rotatable bonds is 5. The van der Waals surface area contributed by atoms with E-state index in [-0.39, 0.29) is 24.3 Å². The minimum Gasteiger partial charge on any atom is -0.325 e. The summed E-state index contributed by atoms with van der Waals surface area (Å²) in [5.41, 5.74) is 2.00. The molecule has 0 bridgehead atoms. The molecule has 11 heteroatoms. The van der Waals surface area contributed by atoms with Crippen LogP contribution in [0.15, 0.2) is 48.5 Å². The fourth-order valence-corrected chi connectivity index (χ4v) is 3.46. The number of amides is 3. The molecule has 3 amide bonds. The van der Waals surface area contributed by atoms with Crippen molar-refractivity contribution in [1.82, 2.24) is 30.0 Å². The van der Waals surface area contributed by atoms with E-state index < -0.39 is 0 Å². The molecule has 0 aliphatic carbocycles. The van der Waals surface area contributed by atoms with E-state index in [2.05, 4.69) is 26.2 Å². The second kappa shape index (κ2) is 9.52. The number of hydrogen-bond acceptors (Lipinski definition) is 6. The molecule has 10 nitrogen and oxygen atoms in total. The average molecular weight is 438 g/mol. The molecular formula is C21H23FN8O2. The Morgan fingerprint density at radius 3 is 2.44 bits per heavy atom. The number of halogens is 1. The predicted octanol–water partition coefficient (Wildman–Crippen LogP) is 1.80. The summed E-state index contributed by atoms with van der Waals surface area (Å²) in [5, 5.41) is 17.1. The Morgan fingerprint density at radius 1 is 1.00 bits per heavy atom. The number of anilines is 2. The summed E-state index contributed by atoms with van der Waals surface area (Å²) >= 11 is 0. The summed E-state index contributed by atoms with van der Waals surface area (Å²) < 4.78 is 14.5. The molecule has 1 aliphatic rings. The largest absolute Gasteiger partial charge is 0.325 e. The number of nitrogens with zero attached hydrogens (tertiary/aromatic N) is 6. The summed E-state index contributed by atoms with van der Waals surface area (Å²) in [5.74, 6) is 0.0768. The molecule has 0 saturated carbocycles. The highest BCUT2D eigenvalue weighted by atomic mass is 19.1. The Bertz CT molecular complexity index is 1090. The zero-order valence-corrected chi connectivity index (χ0v) is 17.5. The number of piperazine rings is 1. The van der Waals surface area contributed by atoms with Gasteiger partial charge in [0.2, 0.25) is 5.91 Å². The van der Waals surface area contributed by atoms with E-state index >= 15 is 0 Å². The first kappa shape index (κ1) is 21.4. The van der Waals surface area contributed by atoms with E-state index in [0.29, 0.717) is 43.4 Å². The van der Waals surface area contributed by atoms with E-state index in [0.717, 1.165) is 5.56 Å². The van der Waals surface area contributed by atoms with Crippen molar-refractivity contribution < 1.29 is 14.0 Å². The molecule has 32 heavy (non-hydrogen) atoms. The number of carbonyl (C=O) groups excluding carboxylic acids is 2. The monoisotopic (exact) mass is 438 g/mol. The highest BCUT2D eigenvalue weighted by Crippen LogP contribution is 2.20. The van der Waals surface area contributed by atoms with E-state index in [1.165, 1.54) is 24.3 Å². The summed E-state index contributed by atoms with van der Waals surface area (Å²) in [7, 11) is 1.75. The van der Waals surface area contributed by atoms with Crippen molar-refractivity contribution in [2.75, 3.05) is 43.4 Å². The molecule has 1 fully saturated rings. The van der Waals surface area contributed by atoms with Crippen LogP contribution in [0.25, 0.3) is 11.4 Å². The topological polar surface area (TPSA) is 108 Å². The highest BCUT2D eigenvalue weighted by molar-refractivity contribution is 5.92. The minimum absolute atomic E-state index is 0.176. The van der Waals surface area contributed by atoms with Gasteiger partial charge < -0.3 is 15.5 Å². The van der Waals surface area contributed by atoms with Crippen molar-refractivity contribution in [2.24, 2.45) is 7.05 Å². The van der Waals surface area contributed by atoms with E-state index in [1.54, 1.807) is 22.7 Å². The maximum atomic E-state index is 13.0. The molecule has 0 spiro atoms. The van der Waals surface area contributed by atoms with Gasteiger partial charge in [0, 0.05) is 50.2 Å². The summed E-state index contributed by atoms with van der Waals surface area (Å²) in [6.07, 6.45) is 0. The van der Waals surface area contributed by atoms with Gasteiger partial charge in [-0.1, -0.05) is 12.1 Å². The molecule has 0 radical (unpaired) electrons. The molecular weight excluding hydrogens is 415 g/mol. The fraction of sp³-hybridized carbons (Fsp3) is 0.286. The van der Waals surface area contributed by atoms with Gasteiger partial charge in [-0.15, -0.1) is 5.10 Å². The lowest BCUT2D eigenvalue weighted by molar-refractivity contribution is -0.117. The first-order valence-electron chi connectivity index (χ1n) is 10.1. The molecule has 2 aromatic carbocycles. The zero-order chi connectivity index (χ0) is 22.5. The lowest BCUT2D eigenvalue weighted by Crippen LogP contribution is -2.51. The Balaban J connectivity index is 1.26. The Hall–Kier alpha value is -3.86. The normalized spacial score (nSPS) is 14.2. The molecule has 0 atom stereocenters. The van der Waals surface area contributed by atoms with Crippen LogP contribution < -0.4 is 10.6 Å². The van der Waals surface area contributed by atoms with Crippen LogP contribution in [0, 0.1) is 5.82 Å². The third kappa shape index (κ3) is 5.24. The molecule has 166 valence electrons. The van der Waals surface area contributed by atoms with Gasteiger partial charge in [0.25, 0.3) is 0 Å². The Labute approximate surface area is 184 Å². The Kier molecular flexibility index (Phi) is 6.36. The number of carbonyl (C=O) groups is 2. The van der Waals surface area contributed by atoms with Gasteiger partial charge in [0.05, 0.1) is 6.54 Å². The predicted molar refractivity (Wildman–Crippen MR) is 116 cm³/mol. The Morgan fingerprint density at radius 2 is 1.75 bits per heavy atom. The molecule has 2 N–H and O–H groups in total. The van der Waals surface area contributed by atoms with Crippen molar-refractivity contribution in [3.63, 3.8) is 0 Å². The number of urea groups is 1. The van der Waals surface area contributed by atoms with Gasteiger partial charge in [-0.2, -0.15) is 0 Å². The molecule has 4 rings (SSSR count). The van der Waals surface area contributed by atoms with Crippen LogP contribution in [-0.4, -0.2) is 74.7 Å². The fourth-order valence-electron chi connectivity index (χ4n) is 3.46. The lowest BCUT2D eigenvalue weighted by Gasteiger charge is -2.34. The number of nitrogens with one attached hydrogen (secondary N) is 2. The van der Waals surface area contributed by atoms with Crippen molar-refractivity contribution >= 4 is 23.3 Å². The van der Waals surface area contributed by atoms with Gasteiger partial charge in [-0.3, -0.25) is 9.69 Å². The van der Waals surface area contributed by atoms with Crippen LogP contribution in [0.3, 0.4) is 0 Å². The summed E-state index contributed by atoms with van der Waals surface area (Å²) in [6, 6.07) is 12.8. The van der Waals surface area contributed by atoms with Gasteiger partial charge in [0.1, 0.15) is 5.82 Å². The van der Waals surface area contributed by atoms with Crippen LogP contribution in [0.2, 0.25) is 0 Å². The molecule has 2 heterocycles. The maximum Gasteiger partial charge on any atom is 0.321 e. The number of hydrogen-bond donors (Lipinski definition) is 2. The molecule has 0 unspecified atom stereocenters. The number of benzene rings is 2. The zero-order valence-electron chi connectivity index (χ0n) is 17.5. The van der Waals surface area contributed by atoms with Crippen molar-refractivity contribution in [3.05, 3.63) is 54.3 Å². The third-order valence-corrected chi connectivity index (χ3v) is 5.15. The van der Waals surface area contributed by atoms with Gasteiger partial charge >= 0.3 is 6.03 Å². The smallest absolute Gasteiger partial charge is 0.321 e. The third-order valence-electron chi connectivity index (χ3n) is 5.15. The first-order valence-corrected chi connectivity index (χ1v) is 10.1. The van der Waals surface area contributed by atoms with Crippen LogP contribution >= 0.6 is 0 Å². The lowest BCUT2D eigenvalue weighted by atomic mass is 10.2. The first-order chi connectivity index (χ1) is 15.5. The standard InChI is InChI=1S/C21H23FN8O2/c1-28-20(25-26-27-28)15-3-2-4-18(13-15)24-21(32)30-11-9-29(10-12-30)14-19(31)23-17-7-5-16(22)6-8-17/h2-8,13H,9-12,14H2,1H3,(H,23,31)(H,24,32). The van der Waals surface area contributed by atoms with Gasteiger partial charge in [0.15, 0.2) is 5.82 Å². The van der Waals surface area contributed by atoms with Crippen molar-refractivity contribution in [1.29, 1.82) is 0 Å². The van der Waals surface area contributed by atoms with E-state index in [4.69, 9.17) is 0 Å². The minimum atomic E-state index is -0.352. The summed E-state index contributed by atoms with van der Waals surface area (Å²) in [6.45, 7) is 2.37. The molecule has 1 aromatic heterocycles. The maximum absolute atomic E-state index is 13.0. The van der Waals surface area contributed by atoms with Crippen molar-refractivity contribution in [2.45, 2.75) is 0 Å².